The summed E-state index contributed by atoms with van der Waals surface area (Å²) in [6.45, 7) is 2.81. The number of carbonyl (C=O) groups is 1. The van der Waals surface area contributed by atoms with E-state index in [-0.39, 0.29) is 24.2 Å². The topological polar surface area (TPSA) is 41.1 Å². The van der Waals surface area contributed by atoms with Gasteiger partial charge in [-0.1, -0.05) is 60.7 Å². The fraction of sp³-hybridized carbons (Fsp3) is 0.316. The molecule has 1 aliphatic rings. The first-order valence-electron chi connectivity index (χ1n) is 7.90. The maximum Gasteiger partial charge on any atom is 0.220 e. The van der Waals surface area contributed by atoms with Crippen LogP contribution in [0.2, 0.25) is 0 Å². The van der Waals surface area contributed by atoms with Crippen molar-refractivity contribution in [2.45, 2.75) is 12.3 Å². The van der Waals surface area contributed by atoms with E-state index in [4.69, 9.17) is 0 Å². The summed E-state index contributed by atoms with van der Waals surface area (Å²) < 4.78 is 0. The van der Waals surface area contributed by atoms with E-state index in [0.717, 1.165) is 19.6 Å². The predicted molar refractivity (Wildman–Crippen MR) is 96.0 cm³/mol. The average Bonchev–Trinajstić information content (AvgIpc) is 2.53. The molecule has 0 spiro atoms. The Hall–Kier alpha value is -1.84. The van der Waals surface area contributed by atoms with Crippen molar-refractivity contribution < 1.29 is 4.79 Å². The lowest BCUT2D eigenvalue weighted by Gasteiger charge is -2.27. The van der Waals surface area contributed by atoms with Gasteiger partial charge in [0, 0.05) is 37.9 Å². The van der Waals surface area contributed by atoms with Gasteiger partial charge in [0.05, 0.1) is 0 Å². The van der Waals surface area contributed by atoms with E-state index in [1.165, 1.54) is 11.1 Å². The third-order valence-corrected chi connectivity index (χ3v) is 4.25. The summed E-state index contributed by atoms with van der Waals surface area (Å²) >= 11 is 0. The van der Waals surface area contributed by atoms with Gasteiger partial charge in [0.15, 0.2) is 0 Å². The van der Waals surface area contributed by atoms with Crippen molar-refractivity contribution in [2.24, 2.45) is 5.92 Å². The standard InChI is InChI=1S/C19H22N2O.ClH/c22-19(21-14-15-12-20-13-15)11-18(16-7-3-1-4-8-16)17-9-5-2-6-10-17;/h1-10,15,18,20H,11-14H2,(H,21,22);1H. The first-order chi connectivity index (χ1) is 10.8. The van der Waals surface area contributed by atoms with Crippen molar-refractivity contribution in [3.05, 3.63) is 71.8 Å². The molecule has 1 heterocycles. The van der Waals surface area contributed by atoms with Crippen LogP contribution >= 0.6 is 12.4 Å². The third kappa shape index (κ3) is 4.81. The van der Waals surface area contributed by atoms with Gasteiger partial charge in [-0.25, -0.2) is 0 Å². The van der Waals surface area contributed by atoms with Crippen LogP contribution < -0.4 is 10.6 Å². The normalized spacial score (nSPS) is 14.0. The van der Waals surface area contributed by atoms with Crippen LogP contribution in [0.1, 0.15) is 23.5 Å². The highest BCUT2D eigenvalue weighted by Gasteiger charge is 2.20. The van der Waals surface area contributed by atoms with E-state index in [0.29, 0.717) is 12.3 Å². The number of carbonyl (C=O) groups excluding carboxylic acids is 1. The molecule has 1 fully saturated rings. The van der Waals surface area contributed by atoms with Crippen molar-refractivity contribution in [2.75, 3.05) is 19.6 Å². The Bertz CT molecular complexity index is 560. The molecule has 0 aromatic heterocycles. The van der Waals surface area contributed by atoms with Crippen LogP contribution in [0, 0.1) is 5.92 Å². The van der Waals surface area contributed by atoms with Gasteiger partial charge in [0.2, 0.25) is 5.91 Å². The van der Waals surface area contributed by atoms with E-state index < -0.39 is 0 Å². The minimum Gasteiger partial charge on any atom is -0.356 e. The summed E-state index contributed by atoms with van der Waals surface area (Å²) in [5.41, 5.74) is 2.38. The summed E-state index contributed by atoms with van der Waals surface area (Å²) in [5, 5.41) is 6.30. The Labute approximate surface area is 143 Å². The van der Waals surface area contributed by atoms with Gasteiger partial charge in [0.25, 0.3) is 0 Å². The Morgan fingerprint density at radius 3 is 1.96 bits per heavy atom. The molecule has 1 saturated heterocycles. The van der Waals surface area contributed by atoms with Crippen molar-refractivity contribution >= 4 is 18.3 Å². The molecule has 4 heteroatoms. The quantitative estimate of drug-likeness (QED) is 0.855. The van der Waals surface area contributed by atoms with Crippen LogP contribution in [-0.2, 0) is 4.79 Å². The highest BCUT2D eigenvalue weighted by molar-refractivity contribution is 5.85. The molecule has 0 radical (unpaired) electrons. The number of amides is 1. The summed E-state index contributed by atoms with van der Waals surface area (Å²) in [5.74, 6) is 0.836. The summed E-state index contributed by atoms with van der Waals surface area (Å²) in [4.78, 5) is 12.3. The minimum atomic E-state index is 0. The van der Waals surface area contributed by atoms with E-state index in [2.05, 4.69) is 34.9 Å². The maximum atomic E-state index is 12.3. The largest absolute Gasteiger partial charge is 0.356 e. The molecule has 0 unspecified atom stereocenters. The van der Waals surface area contributed by atoms with E-state index in [9.17, 15) is 4.79 Å². The molecule has 23 heavy (non-hydrogen) atoms. The summed E-state index contributed by atoms with van der Waals surface area (Å²) in [7, 11) is 0. The molecule has 0 bridgehead atoms. The number of nitrogens with one attached hydrogen (secondary N) is 2. The molecular formula is C19H23ClN2O. The minimum absolute atomic E-state index is 0. The van der Waals surface area contributed by atoms with Gasteiger partial charge in [0.1, 0.15) is 0 Å². The first-order valence-corrected chi connectivity index (χ1v) is 7.90. The maximum absolute atomic E-state index is 12.3. The lowest BCUT2D eigenvalue weighted by atomic mass is 9.88. The van der Waals surface area contributed by atoms with Crippen LogP contribution in [0.15, 0.2) is 60.7 Å². The van der Waals surface area contributed by atoms with Crippen LogP contribution in [0.25, 0.3) is 0 Å². The average molecular weight is 331 g/mol. The van der Waals surface area contributed by atoms with E-state index >= 15 is 0 Å². The Morgan fingerprint density at radius 2 is 1.52 bits per heavy atom. The molecule has 122 valence electrons. The number of hydrogen-bond donors (Lipinski definition) is 2. The molecule has 0 saturated carbocycles. The molecule has 1 amide bonds. The summed E-state index contributed by atoms with van der Waals surface area (Å²) in [6, 6.07) is 20.5. The highest BCUT2D eigenvalue weighted by Crippen LogP contribution is 2.27. The van der Waals surface area contributed by atoms with Gasteiger partial charge in [-0.15, -0.1) is 12.4 Å². The fourth-order valence-corrected chi connectivity index (χ4v) is 2.81. The fourth-order valence-electron chi connectivity index (χ4n) is 2.81. The first kappa shape index (κ1) is 17.5. The zero-order chi connectivity index (χ0) is 15.2. The van der Waals surface area contributed by atoms with Gasteiger partial charge in [-0.3, -0.25) is 4.79 Å². The number of hydrogen-bond acceptors (Lipinski definition) is 2. The lowest BCUT2D eigenvalue weighted by molar-refractivity contribution is -0.121. The van der Waals surface area contributed by atoms with Gasteiger partial charge >= 0.3 is 0 Å². The smallest absolute Gasteiger partial charge is 0.220 e. The van der Waals surface area contributed by atoms with Crippen molar-refractivity contribution in [3.8, 4) is 0 Å². The zero-order valence-electron chi connectivity index (χ0n) is 13.1. The second-order valence-corrected chi connectivity index (χ2v) is 5.91. The third-order valence-electron chi connectivity index (χ3n) is 4.25. The second kappa shape index (κ2) is 8.70. The van der Waals surface area contributed by atoms with Crippen molar-refractivity contribution in [1.29, 1.82) is 0 Å². The predicted octanol–water partition coefficient (Wildman–Crippen LogP) is 2.97. The van der Waals surface area contributed by atoms with Crippen LogP contribution in [0.4, 0.5) is 0 Å². The molecular weight excluding hydrogens is 308 g/mol. The molecule has 2 aromatic carbocycles. The SMILES string of the molecule is Cl.O=C(CC(c1ccccc1)c1ccccc1)NCC1CNC1. The van der Waals surface area contributed by atoms with Gasteiger partial charge in [-0.2, -0.15) is 0 Å². The Balaban J connectivity index is 0.00000192. The zero-order valence-corrected chi connectivity index (χ0v) is 13.9. The molecule has 0 aliphatic carbocycles. The van der Waals surface area contributed by atoms with Crippen molar-refractivity contribution in [1.82, 2.24) is 10.6 Å². The summed E-state index contributed by atoms with van der Waals surface area (Å²) in [6.07, 6.45) is 0.494. The van der Waals surface area contributed by atoms with Crippen LogP contribution in [0.3, 0.4) is 0 Å². The second-order valence-electron chi connectivity index (χ2n) is 5.91. The molecule has 0 atom stereocenters. The number of rotatable bonds is 6. The van der Waals surface area contributed by atoms with Crippen LogP contribution in [0.5, 0.6) is 0 Å². The van der Waals surface area contributed by atoms with E-state index in [1.807, 2.05) is 36.4 Å². The molecule has 2 N–H and O–H groups in total. The van der Waals surface area contributed by atoms with Gasteiger partial charge < -0.3 is 10.6 Å². The lowest BCUT2D eigenvalue weighted by Crippen LogP contribution is -2.48. The number of halogens is 1. The number of benzene rings is 2. The Morgan fingerprint density at radius 1 is 1.00 bits per heavy atom. The molecule has 3 nitrogen and oxygen atoms in total. The Kier molecular flexibility index (Phi) is 6.63. The molecule has 3 rings (SSSR count). The van der Waals surface area contributed by atoms with Crippen LogP contribution in [-0.4, -0.2) is 25.5 Å². The van der Waals surface area contributed by atoms with E-state index in [1.54, 1.807) is 0 Å². The monoisotopic (exact) mass is 330 g/mol. The molecule has 2 aromatic rings. The molecule has 1 aliphatic heterocycles. The van der Waals surface area contributed by atoms with Gasteiger partial charge in [-0.05, 0) is 11.1 Å². The van der Waals surface area contributed by atoms with Crippen molar-refractivity contribution in [3.63, 3.8) is 0 Å². The highest BCUT2D eigenvalue weighted by atomic mass is 35.5.